The average Bonchev–Trinajstić information content (AvgIpc) is 3.17. The molecule has 0 unspecified atom stereocenters. The van der Waals surface area contributed by atoms with Gasteiger partial charge in [0, 0.05) is 34.5 Å². The molecule has 1 saturated heterocycles. The number of hydrogen-bond donors (Lipinski definition) is 3. The molecule has 9 nitrogen and oxygen atoms in total. The first-order valence-corrected chi connectivity index (χ1v) is 15.3. The van der Waals surface area contributed by atoms with Crippen molar-refractivity contribution < 1.29 is 33.4 Å². The molecule has 0 saturated carbocycles. The van der Waals surface area contributed by atoms with Crippen LogP contribution in [0.2, 0.25) is 0 Å². The van der Waals surface area contributed by atoms with Gasteiger partial charge in [0.25, 0.3) is 0 Å². The summed E-state index contributed by atoms with van der Waals surface area (Å²) in [6.45, 7) is 5.83. The molecule has 1 aliphatic carbocycles. The molecule has 1 aliphatic heterocycles. The molecule has 236 valence electrons. The van der Waals surface area contributed by atoms with Crippen molar-refractivity contribution in [3.8, 4) is 22.3 Å². The monoisotopic (exact) mass is 615 g/mol. The molecule has 2 aromatic carbocycles. The number of benzene rings is 2. The van der Waals surface area contributed by atoms with E-state index in [1.165, 1.54) is 12.1 Å². The van der Waals surface area contributed by atoms with Crippen LogP contribution in [0.4, 0.5) is 14.9 Å². The van der Waals surface area contributed by atoms with Crippen molar-refractivity contribution in [3.63, 3.8) is 0 Å². The topological polar surface area (TPSA) is 127 Å². The first kappa shape index (κ1) is 31.8. The fraction of sp³-hybridized carbons (Fsp3) is 0.371. The summed E-state index contributed by atoms with van der Waals surface area (Å²) < 4.78 is 24.5. The van der Waals surface area contributed by atoms with Gasteiger partial charge in [0.15, 0.2) is 0 Å². The molecule has 2 heterocycles. The normalized spacial score (nSPS) is 17.7. The highest BCUT2D eigenvalue weighted by molar-refractivity contribution is 5.95. The summed E-state index contributed by atoms with van der Waals surface area (Å²) in [6.07, 6.45) is 4.92. The Kier molecular flexibility index (Phi) is 9.93. The van der Waals surface area contributed by atoms with Crippen molar-refractivity contribution in [1.29, 1.82) is 0 Å². The molecule has 2 amide bonds. The predicted octanol–water partition coefficient (Wildman–Crippen LogP) is 5.93. The number of cyclic esters (lactones) is 1. The van der Waals surface area contributed by atoms with E-state index in [2.05, 4.69) is 24.5 Å². The first-order chi connectivity index (χ1) is 21.6. The number of anilines is 1. The molecule has 1 fully saturated rings. The molecular weight excluding hydrogens is 577 g/mol. The Morgan fingerprint density at radius 3 is 2.64 bits per heavy atom. The number of amides is 2. The van der Waals surface area contributed by atoms with Gasteiger partial charge < -0.3 is 25.2 Å². The molecule has 1 aromatic heterocycles. The Balaban J connectivity index is 1.60. The minimum Gasteiger partial charge on any atom is -0.465 e. The number of fused-ring (bicyclic) bond motifs is 3. The number of pyridine rings is 1. The summed E-state index contributed by atoms with van der Waals surface area (Å²) in [5, 5.41) is 15.5. The van der Waals surface area contributed by atoms with Crippen LogP contribution in [0.5, 0.6) is 0 Å². The van der Waals surface area contributed by atoms with Gasteiger partial charge in [-0.15, -0.1) is 0 Å². The zero-order chi connectivity index (χ0) is 32.1. The van der Waals surface area contributed by atoms with Gasteiger partial charge in [0.1, 0.15) is 18.5 Å². The molecule has 45 heavy (non-hydrogen) atoms. The fourth-order valence-electron chi connectivity index (χ4n) is 5.90. The lowest BCUT2D eigenvalue weighted by molar-refractivity contribution is -0.156. The van der Waals surface area contributed by atoms with E-state index in [9.17, 15) is 23.9 Å². The standard InChI is InChI=1S/C35H38FN3O6/c1-4-44-31(42)19-37-35(43)38-24-12-14-27-22(16-24)6-5-7-29-33(27)32(21-8-10-23(36)11-9-21)28(34(39-29)20(2)3)15-13-26-17-25(40)18-30(41)45-26/h8-16,20,25-26,40H,4-7,17-19H2,1-3H3,(H2,37,38,43)/t25-,26-/m1/s1. The maximum atomic E-state index is 14.1. The van der Waals surface area contributed by atoms with Crippen LogP contribution < -0.4 is 10.6 Å². The summed E-state index contributed by atoms with van der Waals surface area (Å²) in [5.41, 5.74) is 7.80. The number of aryl methyl sites for hydroxylation is 2. The van der Waals surface area contributed by atoms with Crippen LogP contribution in [0, 0.1) is 5.82 Å². The van der Waals surface area contributed by atoms with Crippen LogP contribution in [0.3, 0.4) is 0 Å². The number of carbonyl (C=O) groups is 3. The number of aliphatic hydroxyl groups excluding tert-OH is 1. The number of carbonyl (C=O) groups excluding carboxylic acids is 3. The van der Waals surface area contributed by atoms with E-state index in [1.54, 1.807) is 31.2 Å². The maximum Gasteiger partial charge on any atom is 0.325 e. The number of aliphatic hydroxyl groups is 1. The predicted molar refractivity (Wildman–Crippen MR) is 169 cm³/mol. The lowest BCUT2D eigenvalue weighted by Crippen LogP contribution is -2.34. The number of halogens is 1. The highest BCUT2D eigenvalue weighted by Gasteiger charge is 2.28. The molecule has 3 aromatic rings. The van der Waals surface area contributed by atoms with E-state index in [4.69, 9.17) is 14.5 Å². The van der Waals surface area contributed by atoms with E-state index in [0.29, 0.717) is 12.1 Å². The third kappa shape index (κ3) is 7.57. The third-order valence-electron chi connectivity index (χ3n) is 7.88. The van der Waals surface area contributed by atoms with Crippen molar-refractivity contribution in [2.24, 2.45) is 0 Å². The number of nitrogens with zero attached hydrogens (tertiary/aromatic N) is 1. The first-order valence-electron chi connectivity index (χ1n) is 15.3. The van der Waals surface area contributed by atoms with Crippen LogP contribution >= 0.6 is 0 Å². The second kappa shape index (κ2) is 14.0. The molecule has 2 atom stereocenters. The zero-order valence-corrected chi connectivity index (χ0v) is 25.7. The fourth-order valence-corrected chi connectivity index (χ4v) is 5.90. The van der Waals surface area contributed by atoms with Gasteiger partial charge in [-0.25, -0.2) is 9.18 Å². The number of esters is 2. The van der Waals surface area contributed by atoms with Gasteiger partial charge >= 0.3 is 18.0 Å². The minimum absolute atomic E-state index is 0.0243. The van der Waals surface area contributed by atoms with Gasteiger partial charge in [-0.05, 0) is 79.1 Å². The van der Waals surface area contributed by atoms with E-state index < -0.39 is 30.2 Å². The number of rotatable bonds is 8. The van der Waals surface area contributed by atoms with Crippen LogP contribution in [0.15, 0.2) is 48.5 Å². The number of urea groups is 1. The van der Waals surface area contributed by atoms with Crippen LogP contribution in [0.1, 0.15) is 68.5 Å². The summed E-state index contributed by atoms with van der Waals surface area (Å²) >= 11 is 0. The van der Waals surface area contributed by atoms with Crippen molar-refractivity contribution >= 4 is 29.7 Å². The lowest BCUT2D eigenvalue weighted by atomic mass is 9.85. The number of ether oxygens (including phenoxy) is 2. The molecule has 3 N–H and O–H groups in total. The number of aromatic nitrogens is 1. The van der Waals surface area contributed by atoms with Gasteiger partial charge in [-0.2, -0.15) is 0 Å². The smallest absolute Gasteiger partial charge is 0.325 e. The molecule has 2 aliphatic rings. The highest BCUT2D eigenvalue weighted by atomic mass is 19.1. The third-order valence-corrected chi connectivity index (χ3v) is 7.88. The Bertz CT molecular complexity index is 1620. The van der Waals surface area contributed by atoms with Gasteiger partial charge in [-0.3, -0.25) is 14.6 Å². The second-order valence-electron chi connectivity index (χ2n) is 11.6. The van der Waals surface area contributed by atoms with E-state index in [0.717, 1.165) is 64.0 Å². The summed E-state index contributed by atoms with van der Waals surface area (Å²) in [5.74, 6) is -1.26. The van der Waals surface area contributed by atoms with Crippen molar-refractivity contribution in [2.75, 3.05) is 18.5 Å². The Hall–Kier alpha value is -4.57. The van der Waals surface area contributed by atoms with Gasteiger partial charge in [0.05, 0.1) is 24.8 Å². The Morgan fingerprint density at radius 1 is 1.16 bits per heavy atom. The molecular formula is C35H38FN3O6. The van der Waals surface area contributed by atoms with E-state index in [1.807, 2.05) is 18.2 Å². The molecule has 0 spiro atoms. The van der Waals surface area contributed by atoms with Crippen LogP contribution in [-0.4, -0.2) is 53.4 Å². The zero-order valence-electron chi connectivity index (χ0n) is 25.7. The van der Waals surface area contributed by atoms with Gasteiger partial charge in [0.2, 0.25) is 0 Å². The van der Waals surface area contributed by atoms with Gasteiger partial charge in [-0.1, -0.05) is 38.1 Å². The molecule has 0 radical (unpaired) electrons. The molecule has 5 rings (SSSR count). The number of hydrogen-bond acceptors (Lipinski definition) is 7. The lowest BCUT2D eigenvalue weighted by Gasteiger charge is -2.25. The van der Waals surface area contributed by atoms with E-state index >= 15 is 0 Å². The van der Waals surface area contributed by atoms with Crippen molar-refractivity contribution in [2.45, 2.75) is 71.0 Å². The summed E-state index contributed by atoms with van der Waals surface area (Å²) in [6, 6.07) is 11.5. The maximum absolute atomic E-state index is 14.1. The van der Waals surface area contributed by atoms with Crippen molar-refractivity contribution in [1.82, 2.24) is 10.3 Å². The molecule has 0 bridgehead atoms. The molecule has 10 heteroatoms. The summed E-state index contributed by atoms with van der Waals surface area (Å²) in [4.78, 5) is 41.3. The van der Waals surface area contributed by atoms with Crippen molar-refractivity contribution in [3.05, 3.63) is 76.9 Å². The van der Waals surface area contributed by atoms with Crippen LogP contribution in [0.25, 0.3) is 28.3 Å². The highest BCUT2D eigenvalue weighted by Crippen LogP contribution is 2.44. The largest absolute Gasteiger partial charge is 0.465 e. The Labute approximate surface area is 261 Å². The number of nitrogens with one attached hydrogen (secondary N) is 2. The Morgan fingerprint density at radius 2 is 1.93 bits per heavy atom. The quantitative estimate of drug-likeness (QED) is 0.268. The second-order valence-corrected chi connectivity index (χ2v) is 11.6. The van der Waals surface area contributed by atoms with E-state index in [-0.39, 0.29) is 31.3 Å². The minimum atomic E-state index is -0.769. The average molecular weight is 616 g/mol. The summed E-state index contributed by atoms with van der Waals surface area (Å²) in [7, 11) is 0. The van der Waals surface area contributed by atoms with Crippen LogP contribution in [-0.2, 0) is 31.9 Å². The SMILES string of the molecule is CCOC(=O)CNC(=O)Nc1ccc2c(c1)CCCc1nc(C(C)C)c(C=C[C@@H]3C[C@@H](O)CC(=O)O3)c(-c3ccc(F)cc3)c1-2.